The molecule has 0 bridgehead atoms. The Kier molecular flexibility index (Phi) is 10.3. The largest absolute Gasteiger partial charge is 0.471 e. The minimum absolute atomic E-state index is 0.00247. The van der Waals surface area contributed by atoms with E-state index in [1.807, 2.05) is 0 Å². The molecule has 45 heavy (non-hydrogen) atoms. The molecule has 4 rings (SSSR count). The maximum absolute atomic E-state index is 16.0. The van der Waals surface area contributed by atoms with Crippen molar-refractivity contribution in [1.82, 2.24) is 9.55 Å². The second kappa shape index (κ2) is 13.3. The van der Waals surface area contributed by atoms with Crippen molar-refractivity contribution in [3.05, 3.63) is 82.6 Å². The molecule has 0 saturated heterocycles. The summed E-state index contributed by atoms with van der Waals surface area (Å²) in [6.45, 7) is -0.723. The first kappa shape index (κ1) is 34.8. The van der Waals surface area contributed by atoms with Gasteiger partial charge in [0.1, 0.15) is 24.9 Å². The third-order valence-corrected chi connectivity index (χ3v) is 9.26. The van der Waals surface area contributed by atoms with Gasteiger partial charge in [-0.15, -0.1) is 0 Å². The zero-order chi connectivity index (χ0) is 33.3. The fourth-order valence-electron chi connectivity index (χ4n) is 4.26. The summed E-state index contributed by atoms with van der Waals surface area (Å²) in [6, 6.07) is 9.11. The van der Waals surface area contributed by atoms with Crippen LogP contribution in [0.3, 0.4) is 0 Å². The van der Waals surface area contributed by atoms with Gasteiger partial charge in [0.05, 0.1) is 22.6 Å². The second-order valence-corrected chi connectivity index (χ2v) is 14.3. The monoisotopic (exact) mass is 709 g/mol. The number of rotatable bonds is 13. The molecule has 0 spiro atoms. The number of sulfonamides is 1. The van der Waals surface area contributed by atoms with E-state index in [-0.39, 0.29) is 21.8 Å². The minimum atomic E-state index is -5.26. The highest BCUT2D eigenvalue weighted by molar-refractivity contribution is 7.92. The van der Waals surface area contributed by atoms with Gasteiger partial charge < -0.3 is 24.1 Å². The molecule has 20 heteroatoms. The van der Waals surface area contributed by atoms with Crippen LogP contribution >= 0.6 is 27.2 Å². The number of pyridine rings is 1. The van der Waals surface area contributed by atoms with Gasteiger partial charge in [-0.2, -0.15) is 0 Å². The van der Waals surface area contributed by atoms with Crippen LogP contribution in [0.4, 0.5) is 14.5 Å². The van der Waals surface area contributed by atoms with Crippen molar-refractivity contribution in [2.75, 3.05) is 16.8 Å². The number of benzene rings is 2. The van der Waals surface area contributed by atoms with Crippen LogP contribution in [0.1, 0.15) is 29.3 Å². The lowest BCUT2D eigenvalue weighted by Gasteiger charge is -2.25. The van der Waals surface area contributed by atoms with E-state index < -0.39 is 79.1 Å². The summed E-state index contributed by atoms with van der Waals surface area (Å²) in [5, 5.41) is 0.405. The van der Waals surface area contributed by atoms with Gasteiger partial charge in [0.2, 0.25) is 15.8 Å². The van der Waals surface area contributed by atoms with Crippen molar-refractivity contribution in [2.45, 2.75) is 20.1 Å². The van der Waals surface area contributed by atoms with Crippen LogP contribution in [0.15, 0.2) is 54.9 Å². The molecule has 0 aliphatic rings. The van der Waals surface area contributed by atoms with Gasteiger partial charge in [-0.1, -0.05) is 30.7 Å². The molecule has 2 aromatic carbocycles. The summed E-state index contributed by atoms with van der Waals surface area (Å²) in [7, 11) is -14.8. The maximum atomic E-state index is 16.0. The molecule has 2 aromatic heterocycles. The van der Waals surface area contributed by atoms with Crippen LogP contribution in [0.2, 0.25) is 5.02 Å². The zero-order valence-electron chi connectivity index (χ0n) is 22.9. The van der Waals surface area contributed by atoms with Crippen LogP contribution in [-0.2, 0) is 34.9 Å². The average Bonchev–Trinajstić information content (AvgIpc) is 3.30. The molecule has 2 heterocycles. The number of ketones is 1. The predicted octanol–water partition coefficient (Wildman–Crippen LogP) is 4.55. The normalized spacial score (nSPS) is 12.5. The maximum Gasteiger partial charge on any atom is 0.471 e. The molecule has 0 unspecified atom stereocenters. The van der Waals surface area contributed by atoms with E-state index in [9.17, 15) is 32.1 Å². The van der Waals surface area contributed by atoms with E-state index in [2.05, 4.69) is 14.0 Å². The van der Waals surface area contributed by atoms with Crippen LogP contribution in [-0.4, -0.2) is 55.8 Å². The van der Waals surface area contributed by atoms with Crippen molar-refractivity contribution in [2.24, 2.45) is 0 Å². The number of carbonyl (C=O) groups is 1. The quantitative estimate of drug-likeness (QED) is 0.0858. The van der Waals surface area contributed by atoms with E-state index in [1.54, 1.807) is 24.3 Å². The number of halogens is 3. The van der Waals surface area contributed by atoms with E-state index in [0.717, 1.165) is 10.8 Å². The molecule has 4 N–H and O–H groups in total. The van der Waals surface area contributed by atoms with Crippen molar-refractivity contribution in [3.63, 3.8) is 0 Å². The lowest BCUT2D eigenvalue weighted by molar-refractivity contribution is 0.103. The van der Waals surface area contributed by atoms with Gasteiger partial charge in [0.25, 0.3) is 0 Å². The van der Waals surface area contributed by atoms with Crippen molar-refractivity contribution in [3.8, 4) is 11.1 Å². The summed E-state index contributed by atoms with van der Waals surface area (Å²) in [5.74, 6) is -5.06. The Morgan fingerprint density at radius 1 is 1.02 bits per heavy atom. The highest BCUT2D eigenvalue weighted by Gasteiger charge is 2.32. The molecule has 0 saturated carbocycles. The lowest BCUT2D eigenvalue weighted by atomic mass is 9.99. The Morgan fingerprint density at radius 3 is 2.27 bits per heavy atom. The van der Waals surface area contributed by atoms with E-state index in [4.69, 9.17) is 21.4 Å². The SMILES string of the molecule is CCCS(=O)(=O)N(COP(=O)(O)O)c1ccc(F)c(C(=O)c2cn(COP(=O)(O)O)c3ncc(-c4ccc(Cl)cc4)cc23)c1F. The van der Waals surface area contributed by atoms with Crippen LogP contribution in [0.25, 0.3) is 22.2 Å². The summed E-state index contributed by atoms with van der Waals surface area (Å²) in [5.41, 5.74) is -1.66. The smallest absolute Gasteiger partial charge is 0.307 e. The van der Waals surface area contributed by atoms with E-state index in [0.29, 0.717) is 28.3 Å². The highest BCUT2D eigenvalue weighted by atomic mass is 35.5. The van der Waals surface area contributed by atoms with Gasteiger partial charge in [0, 0.05) is 28.4 Å². The number of phosphoric ester groups is 2. The van der Waals surface area contributed by atoms with Crippen LogP contribution in [0.5, 0.6) is 0 Å². The first-order chi connectivity index (χ1) is 20.9. The molecular formula is C25H24ClF2N3O11P2S. The number of hydrogen-bond acceptors (Lipinski definition) is 8. The Morgan fingerprint density at radius 2 is 1.67 bits per heavy atom. The van der Waals surface area contributed by atoms with Gasteiger partial charge >= 0.3 is 15.6 Å². The Labute approximate surface area is 259 Å². The highest BCUT2D eigenvalue weighted by Crippen LogP contribution is 2.39. The second-order valence-electron chi connectivity index (χ2n) is 9.36. The number of phosphoric acid groups is 2. The van der Waals surface area contributed by atoms with Crippen molar-refractivity contribution >= 4 is 59.8 Å². The van der Waals surface area contributed by atoms with Crippen molar-refractivity contribution < 1.29 is 59.7 Å². The number of nitrogens with zero attached hydrogens (tertiary/aromatic N) is 3. The summed E-state index contributed by atoms with van der Waals surface area (Å²) >= 11 is 5.96. The Hall–Kier alpha value is -3.08. The summed E-state index contributed by atoms with van der Waals surface area (Å²) in [4.78, 5) is 54.7. The number of fused-ring (bicyclic) bond motifs is 1. The van der Waals surface area contributed by atoms with Crippen LogP contribution in [0, 0.1) is 11.6 Å². The summed E-state index contributed by atoms with van der Waals surface area (Å²) in [6.07, 6.45) is 2.37. The Bertz CT molecular complexity index is 1960. The molecule has 0 atom stereocenters. The molecule has 0 amide bonds. The molecule has 0 radical (unpaired) electrons. The third kappa shape index (κ3) is 8.20. The standard InChI is InChI=1S/C25H24ClF2N3O11P2S/c1-2-9-45(39,40)31(14-42-44(36,37)38)21-8-7-20(27)22(23(21)28)24(32)19-12-30(13-41-43(33,34)35)25-18(19)10-16(11-29-25)15-3-5-17(26)6-4-15/h3-8,10-12H,2,9,13-14H2,1H3,(H2,33,34,35)(H2,36,37,38). The van der Waals surface area contributed by atoms with E-state index in [1.165, 1.54) is 19.2 Å². The molecule has 0 aliphatic carbocycles. The molecule has 242 valence electrons. The Balaban J connectivity index is 1.90. The topological polar surface area (TPSA) is 206 Å². The molecule has 14 nitrogen and oxygen atoms in total. The fraction of sp³-hybridized carbons (Fsp3) is 0.200. The third-order valence-electron chi connectivity index (χ3n) is 6.21. The number of carbonyl (C=O) groups excluding carboxylic acids is 1. The molecule has 0 fully saturated rings. The molecule has 0 aliphatic heterocycles. The van der Waals surface area contributed by atoms with Gasteiger partial charge in [-0.3, -0.25) is 13.8 Å². The average molecular weight is 710 g/mol. The predicted molar refractivity (Wildman–Crippen MR) is 158 cm³/mol. The molecule has 4 aromatic rings. The van der Waals surface area contributed by atoms with Crippen molar-refractivity contribution in [1.29, 1.82) is 0 Å². The minimum Gasteiger partial charge on any atom is -0.307 e. The fourth-order valence-corrected chi connectivity index (χ4v) is 6.40. The lowest BCUT2D eigenvalue weighted by Crippen LogP contribution is -2.35. The number of anilines is 1. The van der Waals surface area contributed by atoms with E-state index >= 15 is 8.78 Å². The van der Waals surface area contributed by atoms with Gasteiger partial charge in [-0.05, 0) is 42.3 Å². The van der Waals surface area contributed by atoms with Crippen LogP contribution < -0.4 is 4.31 Å². The first-order valence-electron chi connectivity index (χ1n) is 12.6. The number of aromatic nitrogens is 2. The summed E-state index contributed by atoms with van der Waals surface area (Å²) < 4.78 is 89.7. The number of hydrogen-bond donors (Lipinski definition) is 4. The zero-order valence-corrected chi connectivity index (χ0v) is 26.3. The molecular weight excluding hydrogens is 686 g/mol. The van der Waals surface area contributed by atoms with Gasteiger partial charge in [0.15, 0.2) is 5.82 Å². The first-order valence-corrected chi connectivity index (χ1v) is 17.6. The van der Waals surface area contributed by atoms with Gasteiger partial charge in [-0.25, -0.2) is 35.6 Å².